The molecule has 3 nitrogen and oxygen atoms in total. The van der Waals surface area contributed by atoms with Gasteiger partial charge in [-0.05, 0) is 42.7 Å². The highest BCUT2D eigenvalue weighted by atomic mass is 16.5. The Morgan fingerprint density at radius 2 is 2.00 bits per heavy atom. The highest BCUT2D eigenvalue weighted by molar-refractivity contribution is 5.83. The van der Waals surface area contributed by atoms with Crippen LogP contribution in [0.25, 0.3) is 10.8 Å². The molecule has 0 radical (unpaired) electrons. The van der Waals surface area contributed by atoms with Crippen LogP contribution in [0.2, 0.25) is 0 Å². The molecule has 3 rings (SSSR count). The monoisotopic (exact) mass is 266 g/mol. The molecule has 0 aromatic heterocycles. The quantitative estimate of drug-likeness (QED) is 0.903. The molecule has 0 amide bonds. The summed E-state index contributed by atoms with van der Waals surface area (Å²) >= 11 is 0. The highest BCUT2D eigenvalue weighted by Crippen LogP contribution is 2.24. The lowest BCUT2D eigenvalue weighted by atomic mass is 10.1. The second-order valence-electron chi connectivity index (χ2n) is 5.66. The summed E-state index contributed by atoms with van der Waals surface area (Å²) in [5, 5.41) is 15.0. The average Bonchev–Trinajstić information content (AvgIpc) is 3.29. The van der Waals surface area contributed by atoms with Crippen molar-refractivity contribution in [3.05, 3.63) is 42.5 Å². The zero-order chi connectivity index (χ0) is 14.0. The Morgan fingerprint density at radius 3 is 2.70 bits per heavy atom. The predicted octanol–water partition coefficient (Wildman–Crippen LogP) is 3.25. The number of benzene rings is 2. The van der Waals surface area contributed by atoms with Gasteiger partial charge in [-0.3, -0.25) is 5.32 Å². The molecule has 0 heterocycles. The van der Waals surface area contributed by atoms with E-state index in [2.05, 4.69) is 23.5 Å². The topological polar surface area (TPSA) is 45.0 Å². The first kappa shape index (κ1) is 13.0. The van der Waals surface area contributed by atoms with Gasteiger partial charge in [0.15, 0.2) is 0 Å². The summed E-state index contributed by atoms with van der Waals surface area (Å²) in [5.74, 6) is 0.808. The minimum atomic E-state index is -0.618. The van der Waals surface area contributed by atoms with Crippen molar-refractivity contribution in [2.45, 2.75) is 31.3 Å². The minimum Gasteiger partial charge on any atom is -0.491 e. The van der Waals surface area contributed by atoms with Gasteiger partial charge in [0.1, 0.15) is 17.9 Å². The Hall–Kier alpha value is -2.05. The third-order valence-electron chi connectivity index (χ3n) is 3.60. The summed E-state index contributed by atoms with van der Waals surface area (Å²) in [6.07, 6.45) is 2.32. The lowest BCUT2D eigenvalue weighted by Gasteiger charge is -2.23. The molecule has 0 spiro atoms. The average molecular weight is 266 g/mol. The molecule has 1 N–H and O–H groups in total. The van der Waals surface area contributed by atoms with Crippen molar-refractivity contribution < 1.29 is 4.74 Å². The number of nitriles is 1. The third-order valence-corrected chi connectivity index (χ3v) is 3.60. The van der Waals surface area contributed by atoms with Gasteiger partial charge in [-0.2, -0.15) is 5.26 Å². The van der Waals surface area contributed by atoms with Crippen LogP contribution in [0.4, 0.5) is 0 Å². The van der Waals surface area contributed by atoms with Gasteiger partial charge in [-0.25, -0.2) is 0 Å². The molecule has 3 heteroatoms. The number of ether oxygens (including phenoxy) is 1. The van der Waals surface area contributed by atoms with E-state index in [1.165, 1.54) is 5.39 Å². The largest absolute Gasteiger partial charge is 0.491 e. The molecule has 1 unspecified atom stereocenters. The number of hydrogen-bond acceptors (Lipinski definition) is 3. The van der Waals surface area contributed by atoms with Crippen LogP contribution in [0.5, 0.6) is 5.75 Å². The van der Waals surface area contributed by atoms with Crippen LogP contribution in [0.15, 0.2) is 42.5 Å². The lowest BCUT2D eigenvalue weighted by molar-refractivity contribution is 0.233. The van der Waals surface area contributed by atoms with Gasteiger partial charge in [0, 0.05) is 6.04 Å². The van der Waals surface area contributed by atoms with E-state index in [0.717, 1.165) is 24.0 Å². The van der Waals surface area contributed by atoms with Crippen molar-refractivity contribution >= 4 is 10.8 Å². The van der Waals surface area contributed by atoms with Crippen molar-refractivity contribution in [2.24, 2.45) is 0 Å². The number of nitrogens with zero attached hydrogens (tertiary/aromatic N) is 1. The first-order chi connectivity index (χ1) is 9.68. The van der Waals surface area contributed by atoms with Crippen molar-refractivity contribution in [1.29, 1.82) is 5.26 Å². The van der Waals surface area contributed by atoms with Crippen LogP contribution in [0, 0.1) is 11.3 Å². The predicted molar refractivity (Wildman–Crippen MR) is 79.6 cm³/mol. The molecule has 1 saturated carbocycles. The maximum absolute atomic E-state index is 9.32. The molecular weight excluding hydrogens is 248 g/mol. The summed E-state index contributed by atoms with van der Waals surface area (Å²) in [5.41, 5.74) is -0.618. The maximum atomic E-state index is 9.32. The lowest BCUT2D eigenvalue weighted by Crippen LogP contribution is -2.47. The first-order valence-corrected chi connectivity index (χ1v) is 6.99. The van der Waals surface area contributed by atoms with Gasteiger partial charge in [0.2, 0.25) is 0 Å². The Balaban J connectivity index is 1.70. The zero-order valence-electron chi connectivity index (χ0n) is 11.6. The van der Waals surface area contributed by atoms with Gasteiger partial charge >= 0.3 is 0 Å². The first-order valence-electron chi connectivity index (χ1n) is 6.99. The molecule has 0 bridgehead atoms. The molecule has 2 aromatic rings. The third kappa shape index (κ3) is 2.92. The normalized spacial score (nSPS) is 17.4. The molecule has 0 aliphatic heterocycles. The second-order valence-corrected chi connectivity index (χ2v) is 5.66. The fraction of sp³-hybridized carbons (Fsp3) is 0.353. The Labute approximate surface area is 119 Å². The number of rotatable bonds is 5. The molecular formula is C17H18N2O. The summed E-state index contributed by atoms with van der Waals surface area (Å²) in [4.78, 5) is 0. The standard InChI is InChI=1S/C17H18N2O/c1-17(11-18,19-15-7-8-15)12-20-16-9-6-13-4-2-3-5-14(13)10-16/h2-6,9-10,15,19H,7-8,12H2,1H3. The SMILES string of the molecule is CC(C#N)(COc1ccc2ccccc2c1)NC1CC1. The van der Waals surface area contributed by atoms with E-state index in [9.17, 15) is 5.26 Å². The maximum Gasteiger partial charge on any atom is 0.138 e. The van der Waals surface area contributed by atoms with E-state index >= 15 is 0 Å². The number of nitrogens with one attached hydrogen (secondary N) is 1. The van der Waals surface area contributed by atoms with Crippen molar-refractivity contribution in [2.75, 3.05) is 6.61 Å². The molecule has 0 saturated heterocycles. The molecule has 1 aliphatic carbocycles. The van der Waals surface area contributed by atoms with Gasteiger partial charge in [0.05, 0.1) is 6.07 Å². The van der Waals surface area contributed by atoms with E-state index in [-0.39, 0.29) is 0 Å². The fourth-order valence-electron chi connectivity index (χ4n) is 2.27. The van der Waals surface area contributed by atoms with Crippen LogP contribution in [-0.4, -0.2) is 18.2 Å². The van der Waals surface area contributed by atoms with Gasteiger partial charge < -0.3 is 4.74 Å². The van der Waals surface area contributed by atoms with Crippen molar-refractivity contribution in [3.63, 3.8) is 0 Å². The van der Waals surface area contributed by atoms with Crippen LogP contribution in [0.1, 0.15) is 19.8 Å². The summed E-state index contributed by atoms with van der Waals surface area (Å²) < 4.78 is 5.81. The molecule has 1 atom stereocenters. The highest BCUT2D eigenvalue weighted by Gasteiger charge is 2.33. The summed E-state index contributed by atoms with van der Waals surface area (Å²) in [7, 11) is 0. The minimum absolute atomic E-state index is 0.359. The molecule has 20 heavy (non-hydrogen) atoms. The van der Waals surface area contributed by atoms with Crippen LogP contribution < -0.4 is 10.1 Å². The fourth-order valence-corrected chi connectivity index (χ4v) is 2.27. The molecule has 1 aliphatic rings. The van der Waals surface area contributed by atoms with E-state index in [1.807, 2.05) is 37.3 Å². The van der Waals surface area contributed by atoms with Gasteiger partial charge in [0.25, 0.3) is 0 Å². The van der Waals surface area contributed by atoms with Crippen LogP contribution >= 0.6 is 0 Å². The summed E-state index contributed by atoms with van der Waals surface area (Å²) in [6, 6.07) is 17.0. The zero-order valence-corrected chi connectivity index (χ0v) is 11.6. The van der Waals surface area contributed by atoms with Gasteiger partial charge in [-0.1, -0.05) is 30.3 Å². The van der Waals surface area contributed by atoms with Crippen molar-refractivity contribution in [3.8, 4) is 11.8 Å². The number of fused-ring (bicyclic) bond motifs is 1. The smallest absolute Gasteiger partial charge is 0.138 e. The van der Waals surface area contributed by atoms with Crippen molar-refractivity contribution in [1.82, 2.24) is 5.32 Å². The van der Waals surface area contributed by atoms with Crippen LogP contribution in [0.3, 0.4) is 0 Å². The van der Waals surface area contributed by atoms with E-state index in [4.69, 9.17) is 4.74 Å². The Kier molecular flexibility index (Phi) is 3.33. The van der Waals surface area contributed by atoms with Crippen LogP contribution in [-0.2, 0) is 0 Å². The molecule has 102 valence electrons. The molecule has 1 fully saturated rings. The van der Waals surface area contributed by atoms with Gasteiger partial charge in [-0.15, -0.1) is 0 Å². The van der Waals surface area contributed by atoms with E-state index in [1.54, 1.807) is 0 Å². The Morgan fingerprint density at radius 1 is 1.25 bits per heavy atom. The van der Waals surface area contributed by atoms with E-state index < -0.39 is 5.54 Å². The van der Waals surface area contributed by atoms with E-state index in [0.29, 0.717) is 12.6 Å². The Bertz CT molecular complexity index is 657. The summed E-state index contributed by atoms with van der Waals surface area (Å²) in [6.45, 7) is 2.25. The number of hydrogen-bond donors (Lipinski definition) is 1. The molecule has 2 aromatic carbocycles. The second kappa shape index (κ2) is 5.15.